The first kappa shape index (κ1) is 15.5. The number of hydrogen-bond donors (Lipinski definition) is 0. The molecule has 0 radical (unpaired) electrons. The molecule has 1 heterocycles. The number of rotatable bonds is 6. The Bertz CT molecular complexity index is 485. The maximum absolute atomic E-state index is 11.6. The molecule has 4 nitrogen and oxygen atoms in total. The summed E-state index contributed by atoms with van der Waals surface area (Å²) in [5.41, 5.74) is -0.334. The minimum Gasteiger partial charge on any atom is -0.492 e. The molecule has 1 rings (SSSR count). The Kier molecular flexibility index (Phi) is 5.37. The number of carbonyl (C=O) groups is 1. The molecule has 0 saturated heterocycles. The summed E-state index contributed by atoms with van der Waals surface area (Å²) in [6, 6.07) is 4.09. The molecule has 0 aliphatic heterocycles. The van der Waals surface area contributed by atoms with Crippen molar-refractivity contribution in [1.82, 2.24) is 0 Å². The lowest BCUT2D eigenvalue weighted by Crippen LogP contribution is -2.10. The van der Waals surface area contributed by atoms with E-state index < -0.39 is 0 Å². The lowest BCUT2D eigenvalue weighted by molar-refractivity contribution is 0.0602. The van der Waals surface area contributed by atoms with Crippen LogP contribution in [0.1, 0.15) is 41.2 Å². The third-order valence-electron chi connectivity index (χ3n) is 2.70. The number of methoxy groups -OCH3 is 1. The van der Waals surface area contributed by atoms with Crippen LogP contribution in [0.5, 0.6) is 5.75 Å². The van der Waals surface area contributed by atoms with E-state index in [1.54, 1.807) is 0 Å². The molecule has 1 aromatic heterocycles. The van der Waals surface area contributed by atoms with Crippen LogP contribution in [-0.2, 0) is 4.74 Å². The van der Waals surface area contributed by atoms with Crippen LogP contribution in [-0.4, -0.2) is 19.7 Å². The highest BCUT2D eigenvalue weighted by molar-refractivity contribution is 7.14. The highest BCUT2D eigenvalue weighted by Gasteiger charge is 2.18. The molecule has 0 fully saturated rings. The number of esters is 1. The summed E-state index contributed by atoms with van der Waals surface area (Å²) in [6.45, 7) is 6.22. The highest BCUT2D eigenvalue weighted by atomic mass is 32.1. The van der Waals surface area contributed by atoms with Gasteiger partial charge in [-0.3, -0.25) is 0 Å². The van der Waals surface area contributed by atoms with Gasteiger partial charge in [-0.15, -0.1) is 11.3 Å². The Morgan fingerprint density at radius 2 is 2.21 bits per heavy atom. The summed E-state index contributed by atoms with van der Waals surface area (Å²) in [5.74, 6) is 0.203. The van der Waals surface area contributed by atoms with Gasteiger partial charge in [-0.05, 0) is 39.7 Å². The van der Waals surface area contributed by atoms with Crippen molar-refractivity contribution in [3.8, 4) is 11.8 Å². The third kappa shape index (κ3) is 4.56. The Balaban J connectivity index is 2.55. The van der Waals surface area contributed by atoms with Crippen LogP contribution in [0.25, 0.3) is 0 Å². The topological polar surface area (TPSA) is 59.3 Å². The molecule has 19 heavy (non-hydrogen) atoms. The number of nitriles is 1. The quantitative estimate of drug-likeness (QED) is 0.591. The second kappa shape index (κ2) is 6.58. The van der Waals surface area contributed by atoms with Gasteiger partial charge in [0.05, 0.1) is 25.2 Å². The van der Waals surface area contributed by atoms with Crippen LogP contribution in [0.3, 0.4) is 0 Å². The lowest BCUT2D eigenvalue weighted by Gasteiger charge is -2.14. The lowest BCUT2D eigenvalue weighted by atomic mass is 9.90. The fourth-order valence-electron chi connectivity index (χ4n) is 1.59. The molecule has 0 aliphatic carbocycles. The molecule has 0 amide bonds. The second-order valence-electron chi connectivity index (χ2n) is 4.99. The van der Waals surface area contributed by atoms with Crippen LogP contribution in [0.15, 0.2) is 6.07 Å². The van der Waals surface area contributed by atoms with Crippen LogP contribution < -0.4 is 4.74 Å². The average molecular weight is 281 g/mol. The van der Waals surface area contributed by atoms with Crippen molar-refractivity contribution < 1.29 is 14.3 Å². The maximum Gasteiger partial charge on any atom is 0.351 e. The van der Waals surface area contributed by atoms with Crippen LogP contribution >= 0.6 is 11.3 Å². The van der Waals surface area contributed by atoms with Gasteiger partial charge in [0.2, 0.25) is 0 Å². The third-order valence-corrected chi connectivity index (χ3v) is 3.71. The first-order valence-corrected chi connectivity index (χ1v) is 6.94. The van der Waals surface area contributed by atoms with E-state index in [0.717, 1.165) is 17.7 Å². The molecule has 1 aromatic rings. The largest absolute Gasteiger partial charge is 0.492 e. The molecule has 0 aliphatic rings. The summed E-state index contributed by atoms with van der Waals surface area (Å²) in [7, 11) is 1.36. The van der Waals surface area contributed by atoms with Gasteiger partial charge in [0.1, 0.15) is 5.75 Å². The van der Waals surface area contributed by atoms with Crippen LogP contribution in [0, 0.1) is 23.7 Å². The number of nitrogens with zero attached hydrogens (tertiary/aromatic N) is 1. The van der Waals surface area contributed by atoms with Crippen molar-refractivity contribution in [2.24, 2.45) is 5.41 Å². The van der Waals surface area contributed by atoms with E-state index >= 15 is 0 Å². The summed E-state index contributed by atoms with van der Waals surface area (Å²) in [4.78, 5) is 13.1. The molecule has 5 heteroatoms. The standard InChI is InChI=1S/C14H19NO3S/c1-10-8-11(12(19-10)13(16)17-4)18-7-5-6-14(2,3)9-15/h8H,5-7H2,1-4H3. The minimum atomic E-state index is -0.370. The van der Waals surface area contributed by atoms with E-state index in [9.17, 15) is 4.79 Å². The monoisotopic (exact) mass is 281 g/mol. The van der Waals surface area contributed by atoms with E-state index in [-0.39, 0.29) is 11.4 Å². The number of thiophene rings is 1. The zero-order valence-electron chi connectivity index (χ0n) is 11.8. The molecule has 0 saturated carbocycles. The Morgan fingerprint density at radius 1 is 1.53 bits per heavy atom. The van der Waals surface area contributed by atoms with Gasteiger partial charge in [0.15, 0.2) is 4.88 Å². The van der Waals surface area contributed by atoms with Crippen molar-refractivity contribution in [2.75, 3.05) is 13.7 Å². The summed E-state index contributed by atoms with van der Waals surface area (Å²) >= 11 is 1.36. The number of carbonyl (C=O) groups excluding carboxylic acids is 1. The molecule has 0 aromatic carbocycles. The van der Waals surface area contributed by atoms with Crippen molar-refractivity contribution >= 4 is 17.3 Å². The molecule has 104 valence electrons. The first-order chi connectivity index (χ1) is 8.89. The summed E-state index contributed by atoms with van der Waals surface area (Å²) in [6.07, 6.45) is 1.54. The smallest absolute Gasteiger partial charge is 0.351 e. The van der Waals surface area contributed by atoms with Crippen molar-refractivity contribution in [3.63, 3.8) is 0 Å². The van der Waals surface area contributed by atoms with E-state index in [1.165, 1.54) is 18.4 Å². The van der Waals surface area contributed by atoms with Crippen molar-refractivity contribution in [1.29, 1.82) is 5.26 Å². The molecular weight excluding hydrogens is 262 g/mol. The van der Waals surface area contributed by atoms with Crippen LogP contribution in [0.2, 0.25) is 0 Å². The molecule has 0 atom stereocenters. The van der Waals surface area contributed by atoms with Crippen LogP contribution in [0.4, 0.5) is 0 Å². The maximum atomic E-state index is 11.6. The molecular formula is C14H19NO3S. The molecule has 0 unspecified atom stereocenters. The van der Waals surface area contributed by atoms with Gasteiger partial charge in [-0.1, -0.05) is 0 Å². The van der Waals surface area contributed by atoms with Gasteiger partial charge in [-0.25, -0.2) is 4.79 Å². The van der Waals surface area contributed by atoms with Gasteiger partial charge in [0, 0.05) is 4.88 Å². The van der Waals surface area contributed by atoms with Gasteiger partial charge in [0.25, 0.3) is 0 Å². The van der Waals surface area contributed by atoms with Gasteiger partial charge < -0.3 is 9.47 Å². The van der Waals surface area contributed by atoms with Crippen molar-refractivity contribution in [3.05, 3.63) is 15.8 Å². The van der Waals surface area contributed by atoms with Crippen molar-refractivity contribution in [2.45, 2.75) is 33.6 Å². The highest BCUT2D eigenvalue weighted by Crippen LogP contribution is 2.30. The molecule has 0 N–H and O–H groups in total. The SMILES string of the molecule is COC(=O)c1sc(C)cc1OCCCC(C)(C)C#N. The van der Waals surface area contributed by atoms with E-state index in [1.807, 2.05) is 26.8 Å². The van der Waals surface area contributed by atoms with E-state index in [2.05, 4.69) is 6.07 Å². The zero-order valence-corrected chi connectivity index (χ0v) is 12.6. The average Bonchev–Trinajstić information content (AvgIpc) is 2.75. The molecule has 0 spiro atoms. The summed E-state index contributed by atoms with van der Waals surface area (Å²) < 4.78 is 10.3. The number of hydrogen-bond acceptors (Lipinski definition) is 5. The van der Waals surface area contributed by atoms with Gasteiger partial charge in [-0.2, -0.15) is 5.26 Å². The predicted molar refractivity (Wildman–Crippen MR) is 74.5 cm³/mol. The number of aryl methyl sites for hydroxylation is 1. The van der Waals surface area contributed by atoms with Gasteiger partial charge >= 0.3 is 5.97 Å². The fourth-order valence-corrected chi connectivity index (χ4v) is 2.46. The first-order valence-electron chi connectivity index (χ1n) is 6.12. The Morgan fingerprint density at radius 3 is 2.79 bits per heavy atom. The minimum absolute atomic E-state index is 0.334. The predicted octanol–water partition coefficient (Wildman–Crippen LogP) is 3.55. The zero-order chi connectivity index (χ0) is 14.5. The fraction of sp³-hybridized carbons (Fsp3) is 0.571. The van der Waals surface area contributed by atoms with E-state index in [4.69, 9.17) is 14.7 Å². The Hall–Kier alpha value is -1.54. The second-order valence-corrected chi connectivity index (χ2v) is 6.25. The number of ether oxygens (including phenoxy) is 2. The normalized spacial score (nSPS) is 10.9. The molecule has 0 bridgehead atoms. The summed E-state index contributed by atoms with van der Waals surface area (Å²) in [5, 5.41) is 8.91. The Labute approximate surface area is 118 Å². The van der Waals surface area contributed by atoms with E-state index in [0.29, 0.717) is 17.2 Å².